The Labute approximate surface area is 190 Å². The Hall–Kier alpha value is -4.38. The summed E-state index contributed by atoms with van der Waals surface area (Å²) < 4.78 is 7.13. The Morgan fingerprint density at radius 1 is 1.24 bits per heavy atom. The minimum absolute atomic E-state index is 0.0889. The van der Waals surface area contributed by atoms with Gasteiger partial charge in [0, 0.05) is 46.7 Å². The molecule has 4 aromatic rings. The number of hydrogen-bond donors (Lipinski definition) is 1. The first-order valence-corrected chi connectivity index (χ1v) is 10.6. The van der Waals surface area contributed by atoms with Crippen LogP contribution in [0.5, 0.6) is 0 Å². The number of aryl methyl sites for hydroxylation is 1. The molecule has 8 heteroatoms. The predicted octanol–water partition coefficient (Wildman–Crippen LogP) is 4.73. The van der Waals surface area contributed by atoms with Crippen molar-refractivity contribution in [1.29, 1.82) is 5.26 Å². The third-order valence-electron chi connectivity index (χ3n) is 5.92. The molecular formula is C25H21N5O3. The molecule has 0 aliphatic carbocycles. The summed E-state index contributed by atoms with van der Waals surface area (Å²) in [4.78, 5) is 13.3. The molecule has 1 N–H and O–H groups in total. The molecule has 2 aromatic heterocycles. The van der Waals surface area contributed by atoms with Gasteiger partial charge < -0.3 is 14.5 Å². The van der Waals surface area contributed by atoms with Crippen LogP contribution in [0.4, 0.5) is 11.4 Å². The van der Waals surface area contributed by atoms with E-state index in [0.29, 0.717) is 12.1 Å². The van der Waals surface area contributed by atoms with Crippen LogP contribution in [0.1, 0.15) is 29.9 Å². The van der Waals surface area contributed by atoms with Gasteiger partial charge in [0.25, 0.3) is 0 Å². The number of fused-ring (bicyclic) bond motifs is 3. The lowest BCUT2D eigenvalue weighted by Gasteiger charge is -2.27. The van der Waals surface area contributed by atoms with Crippen molar-refractivity contribution < 1.29 is 14.4 Å². The molecule has 8 nitrogen and oxygen atoms in total. The largest absolute Gasteiger partial charge is 0.480 e. The van der Waals surface area contributed by atoms with E-state index in [1.54, 1.807) is 12.4 Å². The van der Waals surface area contributed by atoms with E-state index in [-0.39, 0.29) is 12.5 Å². The average Bonchev–Trinajstić information content (AvgIpc) is 3.40. The average molecular weight is 439 g/mol. The highest BCUT2D eigenvalue weighted by molar-refractivity contribution is 5.89. The number of carboxylic acid groups (broad SMARTS) is 1. The Kier molecular flexibility index (Phi) is 4.94. The molecule has 2 aromatic carbocycles. The van der Waals surface area contributed by atoms with Crippen molar-refractivity contribution in [1.82, 2.24) is 14.9 Å². The zero-order valence-corrected chi connectivity index (χ0v) is 18.2. The first-order valence-electron chi connectivity index (χ1n) is 10.6. The minimum atomic E-state index is -0.942. The molecular weight excluding hydrogens is 418 g/mol. The van der Waals surface area contributed by atoms with E-state index in [1.807, 2.05) is 37.3 Å². The fourth-order valence-electron chi connectivity index (χ4n) is 4.35. The summed E-state index contributed by atoms with van der Waals surface area (Å²) in [7, 11) is 0. The number of hydrogen-bond acceptors (Lipinski definition) is 6. The summed E-state index contributed by atoms with van der Waals surface area (Å²) in [5.74, 6) is 0.000882. The first kappa shape index (κ1) is 20.5. The number of rotatable bonds is 4. The molecule has 3 heterocycles. The van der Waals surface area contributed by atoms with Gasteiger partial charge in [-0.05, 0) is 42.8 Å². The Morgan fingerprint density at radius 2 is 2.03 bits per heavy atom. The standard InChI is InChI=1S/C25H21N5O3/c1-15-12-30(20-6-3-17(10-26)4-7-20)22-9-18(19-11-27-29(13-19)14-23(31)32)5-8-21(22)24-16(2)28-33-25(15)24/h3-9,11,13,15H,12,14H2,1-2H3,(H,31,32). The second kappa shape index (κ2) is 7.95. The highest BCUT2D eigenvalue weighted by Gasteiger charge is 2.30. The minimum Gasteiger partial charge on any atom is -0.480 e. The third kappa shape index (κ3) is 3.64. The van der Waals surface area contributed by atoms with Gasteiger partial charge in [0.05, 0.1) is 23.5 Å². The highest BCUT2D eigenvalue weighted by atomic mass is 16.5. The summed E-state index contributed by atoms with van der Waals surface area (Å²) >= 11 is 0. The van der Waals surface area contributed by atoms with Gasteiger partial charge in [-0.3, -0.25) is 9.48 Å². The van der Waals surface area contributed by atoms with Gasteiger partial charge in [-0.1, -0.05) is 24.2 Å². The molecule has 0 radical (unpaired) electrons. The summed E-state index contributed by atoms with van der Waals surface area (Å²) in [6.07, 6.45) is 3.41. The van der Waals surface area contributed by atoms with Gasteiger partial charge in [-0.15, -0.1) is 0 Å². The van der Waals surface area contributed by atoms with Gasteiger partial charge in [0.2, 0.25) is 0 Å². The van der Waals surface area contributed by atoms with Crippen LogP contribution in [-0.4, -0.2) is 32.6 Å². The lowest BCUT2D eigenvalue weighted by Crippen LogP contribution is -2.21. The maximum Gasteiger partial charge on any atom is 0.325 e. The van der Waals surface area contributed by atoms with E-state index >= 15 is 0 Å². The quantitative estimate of drug-likeness (QED) is 0.490. The summed E-state index contributed by atoms with van der Waals surface area (Å²) in [5, 5.41) is 26.7. The zero-order chi connectivity index (χ0) is 23.1. The van der Waals surface area contributed by atoms with Gasteiger partial charge in [-0.2, -0.15) is 10.4 Å². The number of benzene rings is 2. The fraction of sp³-hybridized carbons (Fsp3) is 0.200. The molecule has 1 unspecified atom stereocenters. The summed E-state index contributed by atoms with van der Waals surface area (Å²) in [5.41, 5.74) is 7.17. The molecule has 0 fully saturated rings. The number of carboxylic acids is 1. The normalized spacial score (nSPS) is 14.8. The molecule has 0 saturated heterocycles. The van der Waals surface area contributed by atoms with Crippen molar-refractivity contribution in [3.63, 3.8) is 0 Å². The Bertz CT molecular complexity index is 1390. The second-order valence-corrected chi connectivity index (χ2v) is 8.23. The van der Waals surface area contributed by atoms with Crippen molar-refractivity contribution in [3.8, 4) is 28.3 Å². The predicted molar refractivity (Wildman–Crippen MR) is 122 cm³/mol. The zero-order valence-electron chi connectivity index (χ0n) is 18.2. The van der Waals surface area contributed by atoms with Crippen LogP contribution in [0.15, 0.2) is 59.4 Å². The Morgan fingerprint density at radius 3 is 2.76 bits per heavy atom. The molecule has 33 heavy (non-hydrogen) atoms. The maximum atomic E-state index is 11.0. The SMILES string of the molecule is Cc1noc2c1-c1ccc(-c3cnn(CC(=O)O)c3)cc1N(c1ccc(C#N)cc1)CC2C. The van der Waals surface area contributed by atoms with E-state index in [9.17, 15) is 10.1 Å². The van der Waals surface area contributed by atoms with E-state index in [4.69, 9.17) is 9.63 Å². The second-order valence-electron chi connectivity index (χ2n) is 8.23. The Balaban J connectivity index is 1.67. The van der Waals surface area contributed by atoms with Crippen LogP contribution >= 0.6 is 0 Å². The van der Waals surface area contributed by atoms with Crippen molar-refractivity contribution in [2.45, 2.75) is 26.3 Å². The number of nitriles is 1. The van der Waals surface area contributed by atoms with Crippen LogP contribution in [0, 0.1) is 18.3 Å². The number of nitrogens with zero attached hydrogens (tertiary/aromatic N) is 5. The number of anilines is 2. The van der Waals surface area contributed by atoms with Crippen molar-refractivity contribution in [2.75, 3.05) is 11.4 Å². The van der Waals surface area contributed by atoms with Gasteiger partial charge in [-0.25, -0.2) is 0 Å². The topological polar surface area (TPSA) is 108 Å². The molecule has 1 aliphatic heterocycles. The molecule has 0 amide bonds. The van der Waals surface area contributed by atoms with Crippen LogP contribution in [0.3, 0.4) is 0 Å². The molecule has 5 rings (SSSR count). The molecule has 1 atom stereocenters. The van der Waals surface area contributed by atoms with Crippen molar-refractivity contribution >= 4 is 17.3 Å². The molecule has 0 saturated carbocycles. The number of aliphatic carboxylic acids is 1. The molecule has 164 valence electrons. The fourth-order valence-corrected chi connectivity index (χ4v) is 4.35. The highest BCUT2D eigenvalue weighted by Crippen LogP contribution is 2.46. The van der Waals surface area contributed by atoms with Crippen LogP contribution < -0.4 is 4.90 Å². The molecule has 1 aliphatic rings. The van der Waals surface area contributed by atoms with E-state index in [0.717, 1.165) is 45.1 Å². The van der Waals surface area contributed by atoms with E-state index in [1.165, 1.54) is 4.68 Å². The van der Waals surface area contributed by atoms with Crippen LogP contribution in [0.25, 0.3) is 22.3 Å². The van der Waals surface area contributed by atoms with Gasteiger partial charge in [0.15, 0.2) is 0 Å². The number of aromatic nitrogens is 3. The van der Waals surface area contributed by atoms with Crippen LogP contribution in [-0.2, 0) is 11.3 Å². The van der Waals surface area contributed by atoms with Crippen LogP contribution in [0.2, 0.25) is 0 Å². The van der Waals surface area contributed by atoms with Crippen molar-refractivity contribution in [2.24, 2.45) is 0 Å². The lowest BCUT2D eigenvalue weighted by atomic mass is 9.96. The first-order chi connectivity index (χ1) is 15.9. The number of carbonyl (C=O) groups is 1. The van der Waals surface area contributed by atoms with Crippen molar-refractivity contribution in [3.05, 3.63) is 71.9 Å². The van der Waals surface area contributed by atoms with E-state index in [2.05, 4.69) is 40.3 Å². The molecule has 0 spiro atoms. The maximum absolute atomic E-state index is 11.0. The van der Waals surface area contributed by atoms with Gasteiger partial charge in [0.1, 0.15) is 12.3 Å². The monoisotopic (exact) mass is 439 g/mol. The smallest absolute Gasteiger partial charge is 0.325 e. The molecule has 0 bridgehead atoms. The van der Waals surface area contributed by atoms with Gasteiger partial charge >= 0.3 is 5.97 Å². The summed E-state index contributed by atoms with van der Waals surface area (Å²) in [6.45, 7) is 4.54. The lowest BCUT2D eigenvalue weighted by molar-refractivity contribution is -0.137. The third-order valence-corrected chi connectivity index (χ3v) is 5.92. The summed E-state index contributed by atoms with van der Waals surface area (Å²) in [6, 6.07) is 15.8. The van der Waals surface area contributed by atoms with E-state index < -0.39 is 5.97 Å².